The topological polar surface area (TPSA) is 84.2 Å². The van der Waals surface area contributed by atoms with Crippen LogP contribution < -0.4 is 16.4 Å². The molecule has 3 amide bonds. The smallest absolute Gasteiger partial charge is 0.312 e. The van der Waals surface area contributed by atoms with E-state index in [-0.39, 0.29) is 11.8 Å². The zero-order valence-corrected chi connectivity index (χ0v) is 12.8. The Morgan fingerprint density at radius 1 is 1.24 bits per heavy atom. The second kappa shape index (κ2) is 9.00. The Morgan fingerprint density at radius 3 is 2.48 bits per heavy atom. The Hall–Kier alpha value is -2.04. The van der Waals surface area contributed by atoms with Crippen LogP contribution in [0.15, 0.2) is 30.3 Å². The van der Waals surface area contributed by atoms with Gasteiger partial charge in [0.25, 0.3) is 0 Å². The zero-order valence-electron chi connectivity index (χ0n) is 12.8. The minimum atomic E-state index is -0.667. The standard InChI is InChI=1S/C16H25N3O2/c1-3-12(2)14(19-16(17)21)15(20)18-11-7-10-13-8-5-4-6-9-13/h4-6,8-9,12,14H,3,7,10-11H2,1-2H3,(H,18,20)(H3,17,19,21)/t12-,14-/m1/s1. The van der Waals surface area contributed by atoms with Crippen LogP contribution in [0.1, 0.15) is 32.3 Å². The van der Waals surface area contributed by atoms with Gasteiger partial charge in [0.05, 0.1) is 0 Å². The third kappa shape index (κ3) is 6.29. The zero-order chi connectivity index (χ0) is 15.7. The molecular formula is C16H25N3O2. The van der Waals surface area contributed by atoms with Crippen molar-refractivity contribution in [2.24, 2.45) is 11.7 Å². The van der Waals surface area contributed by atoms with Gasteiger partial charge < -0.3 is 16.4 Å². The fourth-order valence-electron chi connectivity index (χ4n) is 2.11. The first-order valence-corrected chi connectivity index (χ1v) is 7.42. The van der Waals surface area contributed by atoms with Crippen molar-refractivity contribution < 1.29 is 9.59 Å². The van der Waals surface area contributed by atoms with Crippen LogP contribution in [-0.4, -0.2) is 24.5 Å². The first kappa shape index (κ1) is 17.0. The molecule has 0 bridgehead atoms. The van der Waals surface area contributed by atoms with Gasteiger partial charge in [0.15, 0.2) is 0 Å². The van der Waals surface area contributed by atoms with E-state index in [0.29, 0.717) is 6.54 Å². The van der Waals surface area contributed by atoms with Crippen LogP contribution in [0, 0.1) is 5.92 Å². The number of carbonyl (C=O) groups is 2. The molecule has 2 atom stereocenters. The van der Waals surface area contributed by atoms with Gasteiger partial charge in [0, 0.05) is 6.54 Å². The third-order valence-electron chi connectivity index (χ3n) is 3.58. The van der Waals surface area contributed by atoms with Gasteiger partial charge in [0.2, 0.25) is 5.91 Å². The Kier molecular flexibility index (Phi) is 7.29. The Labute approximate surface area is 126 Å². The summed E-state index contributed by atoms with van der Waals surface area (Å²) in [5, 5.41) is 5.38. The van der Waals surface area contributed by atoms with E-state index in [2.05, 4.69) is 22.8 Å². The number of hydrogen-bond donors (Lipinski definition) is 3. The van der Waals surface area contributed by atoms with Crippen LogP contribution in [-0.2, 0) is 11.2 Å². The van der Waals surface area contributed by atoms with Crippen molar-refractivity contribution in [3.63, 3.8) is 0 Å². The number of aryl methyl sites for hydroxylation is 1. The van der Waals surface area contributed by atoms with Crippen molar-refractivity contribution in [1.29, 1.82) is 0 Å². The van der Waals surface area contributed by atoms with Crippen molar-refractivity contribution in [1.82, 2.24) is 10.6 Å². The van der Waals surface area contributed by atoms with Gasteiger partial charge in [-0.25, -0.2) is 4.79 Å². The highest BCUT2D eigenvalue weighted by atomic mass is 16.2. The molecule has 1 aromatic rings. The number of rotatable bonds is 8. The van der Waals surface area contributed by atoms with Crippen LogP contribution >= 0.6 is 0 Å². The van der Waals surface area contributed by atoms with Crippen LogP contribution in [0.5, 0.6) is 0 Å². The molecule has 0 aliphatic carbocycles. The lowest BCUT2D eigenvalue weighted by molar-refractivity contribution is -0.124. The maximum atomic E-state index is 12.1. The van der Waals surface area contributed by atoms with Gasteiger partial charge in [0.1, 0.15) is 6.04 Å². The molecule has 4 N–H and O–H groups in total. The average Bonchev–Trinajstić information content (AvgIpc) is 2.49. The van der Waals surface area contributed by atoms with Gasteiger partial charge in [-0.2, -0.15) is 0 Å². The van der Waals surface area contributed by atoms with Gasteiger partial charge >= 0.3 is 6.03 Å². The number of carbonyl (C=O) groups excluding carboxylic acids is 2. The van der Waals surface area contributed by atoms with Gasteiger partial charge in [-0.1, -0.05) is 50.6 Å². The Morgan fingerprint density at radius 2 is 1.90 bits per heavy atom. The van der Waals surface area contributed by atoms with E-state index in [1.807, 2.05) is 32.0 Å². The summed E-state index contributed by atoms with van der Waals surface area (Å²) in [6, 6.07) is 8.89. The molecule has 5 heteroatoms. The molecule has 0 aliphatic rings. The summed E-state index contributed by atoms with van der Waals surface area (Å²) < 4.78 is 0. The molecule has 0 heterocycles. The summed E-state index contributed by atoms with van der Waals surface area (Å²) in [5.74, 6) is -0.122. The molecule has 21 heavy (non-hydrogen) atoms. The van der Waals surface area contributed by atoms with Gasteiger partial charge in [-0.15, -0.1) is 0 Å². The Bertz CT molecular complexity index is 448. The first-order valence-electron chi connectivity index (χ1n) is 7.42. The predicted octanol–water partition coefficient (Wildman–Crippen LogP) is 1.82. The SMILES string of the molecule is CC[C@@H](C)[C@@H](NC(N)=O)C(=O)NCCCc1ccccc1. The molecule has 0 radical (unpaired) electrons. The van der Waals surface area contributed by atoms with Crippen LogP contribution in [0.25, 0.3) is 0 Å². The average molecular weight is 291 g/mol. The second-order valence-corrected chi connectivity index (χ2v) is 5.25. The quantitative estimate of drug-likeness (QED) is 0.638. The fourth-order valence-corrected chi connectivity index (χ4v) is 2.11. The normalized spacial score (nSPS) is 13.2. The van der Waals surface area contributed by atoms with Crippen molar-refractivity contribution in [2.75, 3.05) is 6.54 Å². The maximum Gasteiger partial charge on any atom is 0.312 e. The monoisotopic (exact) mass is 291 g/mol. The molecule has 0 aliphatic heterocycles. The molecule has 1 aromatic carbocycles. The van der Waals surface area contributed by atoms with Gasteiger partial charge in [-0.3, -0.25) is 4.79 Å². The van der Waals surface area contributed by atoms with E-state index in [1.165, 1.54) is 5.56 Å². The molecule has 0 saturated heterocycles. The lowest BCUT2D eigenvalue weighted by Gasteiger charge is -2.22. The highest BCUT2D eigenvalue weighted by Gasteiger charge is 2.24. The van der Waals surface area contributed by atoms with Crippen LogP contribution in [0.4, 0.5) is 4.79 Å². The molecule has 0 saturated carbocycles. The summed E-state index contributed by atoms with van der Waals surface area (Å²) in [4.78, 5) is 23.1. The molecule has 1 rings (SSSR count). The second-order valence-electron chi connectivity index (χ2n) is 5.25. The minimum absolute atomic E-state index is 0.0478. The first-order chi connectivity index (χ1) is 10.0. The Balaban J connectivity index is 2.37. The predicted molar refractivity (Wildman–Crippen MR) is 83.7 cm³/mol. The number of urea groups is 1. The highest BCUT2D eigenvalue weighted by molar-refractivity contribution is 5.86. The number of primary amides is 1. The summed E-state index contributed by atoms with van der Waals surface area (Å²) in [6.07, 6.45) is 2.57. The van der Waals surface area contributed by atoms with E-state index in [1.54, 1.807) is 0 Å². The maximum absolute atomic E-state index is 12.1. The largest absolute Gasteiger partial charge is 0.354 e. The lowest BCUT2D eigenvalue weighted by atomic mass is 9.98. The van der Waals surface area contributed by atoms with Crippen molar-refractivity contribution in [3.05, 3.63) is 35.9 Å². The van der Waals surface area contributed by atoms with Crippen molar-refractivity contribution in [2.45, 2.75) is 39.2 Å². The van der Waals surface area contributed by atoms with Crippen molar-refractivity contribution in [3.8, 4) is 0 Å². The van der Waals surface area contributed by atoms with E-state index in [9.17, 15) is 9.59 Å². The number of amides is 3. The molecule has 0 fully saturated rings. The molecule has 0 aromatic heterocycles. The van der Waals surface area contributed by atoms with E-state index < -0.39 is 12.1 Å². The molecule has 0 unspecified atom stereocenters. The van der Waals surface area contributed by atoms with E-state index >= 15 is 0 Å². The summed E-state index contributed by atoms with van der Waals surface area (Å²) in [7, 11) is 0. The van der Waals surface area contributed by atoms with E-state index in [4.69, 9.17) is 5.73 Å². The molecule has 116 valence electrons. The summed E-state index contributed by atoms with van der Waals surface area (Å²) >= 11 is 0. The molecule has 0 spiro atoms. The number of nitrogens with one attached hydrogen (secondary N) is 2. The highest BCUT2D eigenvalue weighted by Crippen LogP contribution is 2.08. The molecular weight excluding hydrogens is 266 g/mol. The number of hydrogen-bond acceptors (Lipinski definition) is 2. The van der Waals surface area contributed by atoms with Crippen molar-refractivity contribution >= 4 is 11.9 Å². The molecule has 5 nitrogen and oxygen atoms in total. The van der Waals surface area contributed by atoms with Gasteiger partial charge in [-0.05, 0) is 24.3 Å². The summed E-state index contributed by atoms with van der Waals surface area (Å²) in [6.45, 7) is 4.48. The van der Waals surface area contributed by atoms with Crippen LogP contribution in [0.3, 0.4) is 0 Å². The fraction of sp³-hybridized carbons (Fsp3) is 0.500. The summed E-state index contributed by atoms with van der Waals surface area (Å²) in [5.41, 5.74) is 6.37. The lowest BCUT2D eigenvalue weighted by Crippen LogP contribution is -2.51. The van der Waals surface area contributed by atoms with E-state index in [0.717, 1.165) is 19.3 Å². The van der Waals surface area contributed by atoms with Crippen LogP contribution in [0.2, 0.25) is 0 Å². The minimum Gasteiger partial charge on any atom is -0.354 e. The third-order valence-corrected chi connectivity index (χ3v) is 3.58. The number of nitrogens with two attached hydrogens (primary N) is 1. The number of benzene rings is 1.